The highest BCUT2D eigenvalue weighted by molar-refractivity contribution is 5.76. The van der Waals surface area contributed by atoms with Gasteiger partial charge in [-0.2, -0.15) is 0 Å². The average molecular weight is 1010 g/mol. The molecule has 0 aliphatic carbocycles. The Bertz CT molecular complexity index is 1440. The van der Waals surface area contributed by atoms with Gasteiger partial charge in [0, 0.05) is 6.42 Å². The second kappa shape index (κ2) is 36.0. The Kier molecular flexibility index (Phi) is 32.1. The maximum absolute atomic E-state index is 13.2. The molecule has 3 heterocycles. The molecule has 3 fully saturated rings. The largest absolute Gasteiger partial charge is 0.394 e. The van der Waals surface area contributed by atoms with Crippen molar-refractivity contribution in [2.45, 2.75) is 253 Å². The Morgan fingerprint density at radius 1 is 0.500 bits per heavy atom. The molecule has 17 unspecified atom stereocenters. The van der Waals surface area contributed by atoms with Crippen LogP contribution in [-0.4, -0.2) is 193 Å². The summed E-state index contributed by atoms with van der Waals surface area (Å²) in [6.07, 6.45) is 7.31. The summed E-state index contributed by atoms with van der Waals surface area (Å²) in [5, 5.41) is 119. The number of nitrogens with one attached hydrogen (secondary N) is 1. The van der Waals surface area contributed by atoms with Gasteiger partial charge in [-0.05, 0) is 51.4 Å². The van der Waals surface area contributed by atoms with Gasteiger partial charge in [0.1, 0.15) is 73.2 Å². The molecule has 0 radical (unpaired) electrons. The third-order valence-corrected chi connectivity index (χ3v) is 13.1. The van der Waals surface area contributed by atoms with E-state index in [1.807, 2.05) is 6.08 Å². The van der Waals surface area contributed by atoms with E-state index in [1.165, 1.54) is 51.4 Å². The van der Waals surface area contributed by atoms with Crippen LogP contribution < -0.4 is 5.32 Å². The lowest BCUT2D eigenvalue weighted by Crippen LogP contribution is -2.66. The Labute approximate surface area is 415 Å². The fourth-order valence-electron chi connectivity index (χ4n) is 8.74. The van der Waals surface area contributed by atoms with E-state index < -0.39 is 124 Å². The molecule has 408 valence electrons. The molecule has 0 aromatic heterocycles. The Morgan fingerprint density at radius 2 is 0.943 bits per heavy atom. The molecule has 3 aliphatic rings. The molecule has 19 heteroatoms. The highest BCUT2D eigenvalue weighted by Gasteiger charge is 2.53. The number of carbonyl (C=O) groups is 1. The topological polar surface area (TPSA) is 307 Å². The summed E-state index contributed by atoms with van der Waals surface area (Å²) in [6, 6.07) is -0.990. The van der Waals surface area contributed by atoms with Crippen molar-refractivity contribution in [1.29, 1.82) is 0 Å². The highest BCUT2D eigenvalue weighted by Crippen LogP contribution is 2.33. The maximum Gasteiger partial charge on any atom is 0.220 e. The van der Waals surface area contributed by atoms with Gasteiger partial charge < -0.3 is 89.9 Å². The molecule has 3 rings (SSSR count). The Hall–Kier alpha value is -1.99. The van der Waals surface area contributed by atoms with E-state index in [1.54, 1.807) is 6.08 Å². The van der Waals surface area contributed by atoms with Gasteiger partial charge >= 0.3 is 0 Å². The molecule has 12 N–H and O–H groups in total. The molecule has 70 heavy (non-hydrogen) atoms. The number of hydrogen-bond acceptors (Lipinski definition) is 18. The molecule has 0 saturated carbocycles. The van der Waals surface area contributed by atoms with Crippen LogP contribution in [0.5, 0.6) is 0 Å². The number of unbranched alkanes of at least 4 members (excludes halogenated alkanes) is 16. The summed E-state index contributed by atoms with van der Waals surface area (Å²) < 4.78 is 34.1. The molecule has 0 aromatic rings. The van der Waals surface area contributed by atoms with Crippen molar-refractivity contribution < 1.29 is 89.4 Å². The summed E-state index contributed by atoms with van der Waals surface area (Å²) in [5.41, 5.74) is 0. The van der Waals surface area contributed by atoms with Crippen LogP contribution in [0.1, 0.15) is 149 Å². The molecule has 19 nitrogen and oxygen atoms in total. The number of aliphatic hydroxyl groups is 11. The van der Waals surface area contributed by atoms with Gasteiger partial charge in [0.2, 0.25) is 5.91 Å². The van der Waals surface area contributed by atoms with Crippen LogP contribution in [0.25, 0.3) is 0 Å². The zero-order chi connectivity index (χ0) is 51.3. The number of hydrogen-bond donors (Lipinski definition) is 12. The summed E-state index contributed by atoms with van der Waals surface area (Å²) in [7, 11) is 0. The normalized spacial score (nSPS) is 32.8. The number of carbonyl (C=O) groups excluding carboxylic acids is 1. The zero-order valence-electron chi connectivity index (χ0n) is 41.7. The number of ether oxygens (including phenoxy) is 6. The molecule has 0 aromatic carbocycles. The maximum atomic E-state index is 13.2. The van der Waals surface area contributed by atoms with E-state index >= 15 is 0 Å². The summed E-state index contributed by atoms with van der Waals surface area (Å²) in [5.74, 6) is -0.301. The summed E-state index contributed by atoms with van der Waals surface area (Å²) in [6.45, 7) is 1.58. The minimum atomic E-state index is -1.98. The van der Waals surface area contributed by atoms with Gasteiger partial charge in [0.15, 0.2) is 18.9 Å². The first-order valence-electron chi connectivity index (χ1n) is 26.2. The molecule has 0 spiro atoms. The predicted octanol–water partition coefficient (Wildman–Crippen LogP) is 2.20. The van der Waals surface area contributed by atoms with Crippen molar-refractivity contribution in [1.82, 2.24) is 5.32 Å². The molecular weight excluding hydrogens is 915 g/mol. The Morgan fingerprint density at radius 3 is 1.49 bits per heavy atom. The van der Waals surface area contributed by atoms with Crippen molar-refractivity contribution in [3.63, 3.8) is 0 Å². The number of allylic oxidation sites excluding steroid dienone is 5. The van der Waals surface area contributed by atoms with E-state index in [0.717, 1.165) is 64.2 Å². The number of rotatable bonds is 36. The lowest BCUT2D eigenvalue weighted by molar-refractivity contribution is -0.379. The van der Waals surface area contributed by atoms with E-state index in [4.69, 9.17) is 28.4 Å². The minimum absolute atomic E-state index is 0.224. The highest BCUT2D eigenvalue weighted by atomic mass is 16.8. The molecule has 3 saturated heterocycles. The van der Waals surface area contributed by atoms with Crippen LogP contribution in [0.15, 0.2) is 36.5 Å². The SMILES string of the molecule is CCC/C=C\CCCCCCCC(=O)NC(COC1OC(CO)C(OC2OC(CO)C(OC3OC(CO)C(O)C(O)C3O)C(O)C2O)C(O)C1O)C(O)/C=C/CC/C=C/CCCCCCCCCCC. The van der Waals surface area contributed by atoms with Crippen LogP contribution in [0, 0.1) is 0 Å². The van der Waals surface area contributed by atoms with Gasteiger partial charge in [0.25, 0.3) is 0 Å². The van der Waals surface area contributed by atoms with Crippen LogP contribution in [0.4, 0.5) is 0 Å². The lowest BCUT2D eigenvalue weighted by atomic mass is 9.96. The van der Waals surface area contributed by atoms with Crippen LogP contribution in [-0.2, 0) is 33.2 Å². The third-order valence-electron chi connectivity index (χ3n) is 13.1. The van der Waals surface area contributed by atoms with Crippen LogP contribution in [0.3, 0.4) is 0 Å². The third kappa shape index (κ3) is 21.5. The first-order valence-corrected chi connectivity index (χ1v) is 26.2. The smallest absolute Gasteiger partial charge is 0.220 e. The standard InChI is InChI=1S/C51H91NO18/c1-3-5-7-9-11-13-15-16-17-18-19-20-22-24-26-28-35(56)34(52-39(57)29-27-25-23-21-14-12-10-8-6-4-2)33-65-49-45(63)42(60)47(37(31-54)67-49)70-51-46(64)43(61)48(38(32-55)68-51)69-50-44(62)41(59)40(58)36(30-53)66-50/h8,10,19-20,26,28,34-38,40-51,53-56,58-64H,3-7,9,11-18,21-25,27,29-33H2,1-2H3,(H,52,57)/b10-8-,20-19+,28-26+. The second-order valence-corrected chi connectivity index (χ2v) is 19.0. The molecular formula is C51H91NO18. The van der Waals surface area contributed by atoms with Crippen LogP contribution in [0.2, 0.25) is 0 Å². The van der Waals surface area contributed by atoms with Gasteiger partial charge in [-0.1, -0.05) is 127 Å². The van der Waals surface area contributed by atoms with Crippen molar-refractivity contribution >= 4 is 5.91 Å². The van der Waals surface area contributed by atoms with Gasteiger partial charge in [-0.25, -0.2) is 0 Å². The van der Waals surface area contributed by atoms with Crippen molar-refractivity contribution in [2.24, 2.45) is 0 Å². The fourth-order valence-corrected chi connectivity index (χ4v) is 8.74. The molecule has 0 bridgehead atoms. The summed E-state index contributed by atoms with van der Waals surface area (Å²) >= 11 is 0. The monoisotopic (exact) mass is 1010 g/mol. The Balaban J connectivity index is 1.57. The first-order chi connectivity index (χ1) is 33.8. The predicted molar refractivity (Wildman–Crippen MR) is 259 cm³/mol. The van der Waals surface area contributed by atoms with E-state index in [9.17, 15) is 61.0 Å². The van der Waals surface area contributed by atoms with Gasteiger partial charge in [-0.3, -0.25) is 4.79 Å². The van der Waals surface area contributed by atoms with Gasteiger partial charge in [-0.15, -0.1) is 0 Å². The van der Waals surface area contributed by atoms with E-state index in [-0.39, 0.29) is 18.9 Å². The van der Waals surface area contributed by atoms with Gasteiger partial charge in [0.05, 0.1) is 38.6 Å². The molecule has 1 amide bonds. The lowest BCUT2D eigenvalue weighted by Gasteiger charge is -2.48. The quantitative estimate of drug-likeness (QED) is 0.0316. The second-order valence-electron chi connectivity index (χ2n) is 19.0. The first kappa shape index (κ1) is 62.3. The molecule has 3 aliphatic heterocycles. The van der Waals surface area contributed by atoms with Crippen molar-refractivity contribution in [3.8, 4) is 0 Å². The zero-order valence-corrected chi connectivity index (χ0v) is 41.7. The van der Waals surface area contributed by atoms with Crippen LogP contribution >= 0.6 is 0 Å². The van der Waals surface area contributed by atoms with E-state index in [2.05, 4.69) is 43.5 Å². The van der Waals surface area contributed by atoms with E-state index in [0.29, 0.717) is 12.8 Å². The van der Waals surface area contributed by atoms with Crippen molar-refractivity contribution in [3.05, 3.63) is 36.5 Å². The summed E-state index contributed by atoms with van der Waals surface area (Å²) in [4.78, 5) is 13.2. The minimum Gasteiger partial charge on any atom is -0.394 e. The number of amides is 1. The molecule has 17 atom stereocenters. The fraction of sp³-hybridized carbons (Fsp3) is 0.863. The van der Waals surface area contributed by atoms with Crippen molar-refractivity contribution in [2.75, 3.05) is 26.4 Å². The average Bonchev–Trinajstić information content (AvgIpc) is 3.35. The number of aliphatic hydroxyl groups excluding tert-OH is 11.